The Morgan fingerprint density at radius 3 is 2.36 bits per heavy atom. The van der Waals surface area contributed by atoms with Crippen LogP contribution in [-0.4, -0.2) is 46.0 Å². The average molecular weight is 719 g/mol. The van der Waals surface area contributed by atoms with Crippen LogP contribution in [0, 0.1) is 0 Å². The number of nitrogens with one attached hydrogen (secondary N) is 1. The molecule has 0 spiro atoms. The van der Waals surface area contributed by atoms with Gasteiger partial charge in [-0.05, 0) is 58.5 Å². The molecule has 13 heteroatoms. The number of ether oxygens (including phenoxy) is 1. The molecule has 262 valence electrons. The molecule has 1 aliphatic rings. The molecule has 2 N–H and O–H groups in total. The molecular formula is C37H40N3O8S2+. The molecule has 0 saturated carbocycles. The van der Waals surface area contributed by atoms with Gasteiger partial charge in [0, 0.05) is 31.7 Å². The summed E-state index contributed by atoms with van der Waals surface area (Å²) in [4.78, 5) is 1.92. The number of hydrogen-bond donors (Lipinski definition) is 2. The minimum absolute atomic E-state index is 0.178. The number of nitrogens with zero attached hydrogens (tertiary/aromatic N) is 2. The average Bonchev–Trinajstić information content (AvgIpc) is 3.61. The van der Waals surface area contributed by atoms with Crippen LogP contribution in [0.1, 0.15) is 39.0 Å². The van der Waals surface area contributed by atoms with Crippen molar-refractivity contribution < 1.29 is 39.4 Å². The summed E-state index contributed by atoms with van der Waals surface area (Å²) in [6, 6.07) is 27.8. The molecule has 1 aliphatic heterocycles. The Balaban J connectivity index is 1.37. The number of anilines is 1. The fourth-order valence-electron chi connectivity index (χ4n) is 5.93. The molecule has 0 unspecified atom stereocenters. The van der Waals surface area contributed by atoms with Gasteiger partial charge in [0.2, 0.25) is 11.5 Å². The maximum Gasteiger partial charge on any atom is 0.374 e. The van der Waals surface area contributed by atoms with Crippen LogP contribution in [0.2, 0.25) is 0 Å². The molecule has 0 radical (unpaired) electrons. The lowest BCUT2D eigenvalue weighted by Crippen LogP contribution is -2.36. The number of aromatic nitrogens is 1. The van der Waals surface area contributed by atoms with Crippen molar-refractivity contribution in [2.45, 2.75) is 39.7 Å². The fraction of sp³-hybridized carbons (Fsp3) is 0.270. The van der Waals surface area contributed by atoms with Gasteiger partial charge in [-0.1, -0.05) is 74.5 Å². The fourth-order valence-corrected chi connectivity index (χ4v) is 7.29. The van der Waals surface area contributed by atoms with E-state index in [4.69, 9.17) is 13.4 Å². The predicted octanol–water partition coefficient (Wildman–Crippen LogP) is 6.61. The Hall–Kier alpha value is -4.53. The first-order valence-corrected chi connectivity index (χ1v) is 19.7. The Kier molecular flexibility index (Phi) is 10.7. The van der Waals surface area contributed by atoms with E-state index in [9.17, 15) is 21.4 Å². The molecule has 0 bridgehead atoms. The molecule has 0 saturated heterocycles. The largest absolute Gasteiger partial charge is 0.439 e. The summed E-state index contributed by atoms with van der Waals surface area (Å²) in [5.41, 5.74) is 7.56. The van der Waals surface area contributed by atoms with E-state index >= 15 is 0 Å². The Labute approximate surface area is 292 Å². The maximum atomic E-state index is 12.4. The van der Waals surface area contributed by atoms with Crippen LogP contribution >= 0.6 is 0 Å². The molecule has 50 heavy (non-hydrogen) atoms. The molecular weight excluding hydrogens is 679 g/mol. The summed E-state index contributed by atoms with van der Waals surface area (Å²) in [7, 11) is -7.91. The van der Waals surface area contributed by atoms with E-state index < -0.39 is 20.2 Å². The van der Waals surface area contributed by atoms with Gasteiger partial charge in [-0.25, -0.2) is 0 Å². The van der Waals surface area contributed by atoms with E-state index in [1.54, 1.807) is 6.92 Å². The minimum atomic E-state index is -4.15. The van der Waals surface area contributed by atoms with Crippen LogP contribution in [0.3, 0.4) is 0 Å². The van der Waals surface area contributed by atoms with Crippen LogP contribution in [0.15, 0.2) is 107 Å². The summed E-state index contributed by atoms with van der Waals surface area (Å²) in [5, 5.41) is 2.04. The highest BCUT2D eigenvalue weighted by Gasteiger charge is 2.28. The second-order valence-electron chi connectivity index (χ2n) is 12.0. The van der Waals surface area contributed by atoms with Gasteiger partial charge in [0.25, 0.3) is 25.8 Å². The van der Waals surface area contributed by atoms with Gasteiger partial charge in [-0.2, -0.15) is 31.2 Å². The van der Waals surface area contributed by atoms with E-state index in [-0.39, 0.29) is 30.9 Å². The Bertz CT molecular complexity index is 2280. The summed E-state index contributed by atoms with van der Waals surface area (Å²) < 4.78 is 77.0. The van der Waals surface area contributed by atoms with Gasteiger partial charge in [0.05, 0.1) is 23.3 Å². The van der Waals surface area contributed by atoms with Crippen LogP contribution in [0.5, 0.6) is 5.75 Å². The van der Waals surface area contributed by atoms with Gasteiger partial charge in [0.15, 0.2) is 12.3 Å². The van der Waals surface area contributed by atoms with Crippen molar-refractivity contribution >= 4 is 53.9 Å². The second-order valence-corrected chi connectivity index (χ2v) is 15.2. The predicted molar refractivity (Wildman–Crippen MR) is 194 cm³/mol. The van der Waals surface area contributed by atoms with Crippen LogP contribution < -0.4 is 19.7 Å². The smallest absolute Gasteiger partial charge is 0.374 e. The normalized spacial score (nSPS) is 14.5. The zero-order chi connectivity index (χ0) is 35.3. The third kappa shape index (κ3) is 8.42. The number of fused-ring (bicyclic) bond motifs is 3. The van der Waals surface area contributed by atoms with Crippen molar-refractivity contribution in [3.63, 3.8) is 0 Å². The first-order chi connectivity index (χ1) is 24.0. The highest BCUT2D eigenvalue weighted by Crippen LogP contribution is 2.42. The minimum Gasteiger partial charge on any atom is -0.439 e. The third-order valence-electron chi connectivity index (χ3n) is 8.35. The number of hydrogen-bond acceptors (Lipinski definition) is 9. The van der Waals surface area contributed by atoms with Gasteiger partial charge in [-0.15, -0.1) is 0 Å². The van der Waals surface area contributed by atoms with E-state index in [0.717, 1.165) is 38.7 Å². The first-order valence-electron chi connectivity index (χ1n) is 16.5. The topological polar surface area (TPSA) is 139 Å². The van der Waals surface area contributed by atoms with E-state index in [0.29, 0.717) is 42.6 Å². The van der Waals surface area contributed by atoms with Crippen LogP contribution in [0.25, 0.3) is 39.1 Å². The lowest BCUT2D eigenvalue weighted by Gasteiger charge is -2.19. The first kappa shape index (κ1) is 35.3. The van der Waals surface area contributed by atoms with E-state index in [2.05, 4.69) is 5.48 Å². The molecule has 0 atom stereocenters. The van der Waals surface area contributed by atoms with Crippen LogP contribution in [0.4, 0.5) is 5.69 Å². The molecule has 0 fully saturated rings. The summed E-state index contributed by atoms with van der Waals surface area (Å²) in [6.07, 6.45) is 4.88. The highest BCUT2D eigenvalue weighted by atomic mass is 32.2. The Morgan fingerprint density at radius 2 is 1.64 bits per heavy atom. The van der Waals surface area contributed by atoms with Gasteiger partial charge in [-0.3, -0.25) is 4.55 Å². The van der Waals surface area contributed by atoms with Gasteiger partial charge >= 0.3 is 5.89 Å². The molecule has 0 amide bonds. The van der Waals surface area contributed by atoms with Gasteiger partial charge < -0.3 is 14.1 Å². The third-order valence-corrected chi connectivity index (χ3v) is 10.3. The van der Waals surface area contributed by atoms with Gasteiger partial charge in [0.1, 0.15) is 0 Å². The maximum absolute atomic E-state index is 12.4. The molecule has 2 heterocycles. The highest BCUT2D eigenvalue weighted by molar-refractivity contribution is 7.86. The number of rotatable bonds is 15. The number of benzene rings is 4. The number of aryl methyl sites for hydroxylation is 1. The van der Waals surface area contributed by atoms with Crippen molar-refractivity contribution in [3.05, 3.63) is 108 Å². The van der Waals surface area contributed by atoms with Crippen molar-refractivity contribution in [2.75, 3.05) is 29.5 Å². The molecule has 4 aromatic carbocycles. The summed E-state index contributed by atoms with van der Waals surface area (Å²) in [5.74, 6) is 1.10. The zero-order valence-electron chi connectivity index (χ0n) is 27.9. The van der Waals surface area contributed by atoms with Crippen LogP contribution in [-0.2, 0) is 31.1 Å². The second kappa shape index (κ2) is 15.2. The molecule has 6 rings (SSSR count). The van der Waals surface area contributed by atoms with E-state index in [1.807, 2.05) is 113 Å². The molecule has 11 nitrogen and oxygen atoms in total. The van der Waals surface area contributed by atoms with Crippen molar-refractivity contribution in [1.29, 1.82) is 0 Å². The quantitative estimate of drug-likeness (QED) is 0.0691. The SMILES string of the molecule is CCNOS(=O)(=O)CCC[n+]1c(C=C(C=C2Oc3ccc(-c4ccccc4)cc3N2CCCS(=O)(=O)O)CC)oc2cc3ccccc3cc21. The molecule has 0 aliphatic carbocycles. The summed E-state index contributed by atoms with van der Waals surface area (Å²) in [6.45, 7) is 4.76. The number of allylic oxidation sites excluding steroid dienone is 2. The van der Waals surface area contributed by atoms with Crippen molar-refractivity contribution in [1.82, 2.24) is 5.48 Å². The number of oxazole rings is 1. The Morgan fingerprint density at radius 1 is 0.900 bits per heavy atom. The summed E-state index contributed by atoms with van der Waals surface area (Å²) >= 11 is 0. The number of hydroxylamine groups is 1. The lowest BCUT2D eigenvalue weighted by atomic mass is 10.0. The molecule has 1 aromatic heterocycles. The molecule has 5 aromatic rings. The van der Waals surface area contributed by atoms with E-state index in [1.165, 1.54) is 0 Å². The van der Waals surface area contributed by atoms with Crippen molar-refractivity contribution in [3.8, 4) is 16.9 Å². The van der Waals surface area contributed by atoms with Crippen molar-refractivity contribution in [2.24, 2.45) is 0 Å². The lowest BCUT2D eigenvalue weighted by molar-refractivity contribution is -0.677. The zero-order valence-corrected chi connectivity index (χ0v) is 29.5. The standard InChI is InChI=1S/C37H39N3O8S2/c1-3-27(22-36-39(18-10-20-49(41,42)43)32-25-31(16-17-34(32)46-36)28-12-6-5-7-13-28)23-37-40(19-11-21-50(44,45)48-38-4-2)33-24-29-14-8-9-15-30(29)26-35(33)47-37/h5-9,12-17,22-26,38H,3-4,10-11,18-21H2,1-2H3/p+1. The monoisotopic (exact) mass is 718 g/mol.